The molecule has 4 N–H and O–H groups in total. The number of carboxylic acid groups (broad SMARTS) is 1. The Balaban J connectivity index is 2.27. The summed E-state index contributed by atoms with van der Waals surface area (Å²) in [6, 6.07) is 5.46. The largest absolute Gasteiger partial charge is 0.481 e. The van der Waals surface area contributed by atoms with Gasteiger partial charge < -0.3 is 15.5 Å². The Morgan fingerprint density at radius 2 is 2.17 bits per heavy atom. The van der Waals surface area contributed by atoms with Crippen molar-refractivity contribution in [2.45, 2.75) is 26.2 Å². The van der Waals surface area contributed by atoms with Crippen LogP contribution in [-0.4, -0.2) is 54.9 Å². The molecule has 0 saturated heterocycles. The molecule has 0 aliphatic carbocycles. The molecular formula is C15H22N6O3. The molecule has 0 aliphatic heterocycles. The first-order chi connectivity index (χ1) is 11.5. The number of hydrogen-bond acceptors (Lipinski definition) is 7. The number of carbonyl (C=O) groups is 1. The highest BCUT2D eigenvalue weighted by Crippen LogP contribution is 2.31. The Hall–Kier alpha value is -2.55. The van der Waals surface area contributed by atoms with E-state index in [1.165, 1.54) is 0 Å². The van der Waals surface area contributed by atoms with Crippen molar-refractivity contribution in [2.24, 2.45) is 11.8 Å². The second-order valence-electron chi connectivity index (χ2n) is 5.87. The molecule has 2 atom stereocenters. The SMILES string of the molecule is CC(C)[C@H](C(=O)O)[C@H](Cc1cccc(NCCO)n1)c1nnn[nH]1. The van der Waals surface area contributed by atoms with Gasteiger partial charge in [-0.15, -0.1) is 5.10 Å². The van der Waals surface area contributed by atoms with E-state index in [1.54, 1.807) is 6.07 Å². The summed E-state index contributed by atoms with van der Waals surface area (Å²) in [6.45, 7) is 4.13. The number of rotatable bonds is 9. The van der Waals surface area contributed by atoms with Crippen LogP contribution in [-0.2, 0) is 11.2 Å². The molecule has 0 amide bonds. The van der Waals surface area contributed by atoms with Crippen molar-refractivity contribution < 1.29 is 15.0 Å². The second kappa shape index (κ2) is 8.34. The summed E-state index contributed by atoms with van der Waals surface area (Å²) in [5.74, 6) is -0.970. The molecule has 0 unspecified atom stereocenters. The van der Waals surface area contributed by atoms with Gasteiger partial charge in [-0.25, -0.2) is 10.1 Å². The number of aromatic nitrogens is 5. The van der Waals surface area contributed by atoms with Gasteiger partial charge in [-0.2, -0.15) is 0 Å². The Morgan fingerprint density at radius 3 is 2.75 bits per heavy atom. The third-order valence-electron chi connectivity index (χ3n) is 3.80. The zero-order chi connectivity index (χ0) is 17.5. The average Bonchev–Trinajstić information content (AvgIpc) is 3.06. The normalized spacial score (nSPS) is 13.7. The predicted octanol–water partition coefficient (Wildman–Crippen LogP) is 0.682. The number of aliphatic carboxylic acids is 1. The molecule has 0 fully saturated rings. The maximum absolute atomic E-state index is 11.7. The molecule has 0 radical (unpaired) electrons. The molecule has 0 spiro atoms. The predicted molar refractivity (Wildman–Crippen MR) is 86.4 cm³/mol. The van der Waals surface area contributed by atoms with Crippen molar-refractivity contribution >= 4 is 11.8 Å². The number of aliphatic hydroxyl groups is 1. The molecule has 0 bridgehead atoms. The van der Waals surface area contributed by atoms with E-state index in [-0.39, 0.29) is 12.5 Å². The lowest BCUT2D eigenvalue weighted by Gasteiger charge is -2.24. The van der Waals surface area contributed by atoms with E-state index in [0.717, 1.165) is 5.69 Å². The van der Waals surface area contributed by atoms with Gasteiger partial charge in [-0.3, -0.25) is 4.79 Å². The van der Waals surface area contributed by atoms with Crippen molar-refractivity contribution in [1.82, 2.24) is 25.6 Å². The van der Waals surface area contributed by atoms with Gasteiger partial charge in [0.25, 0.3) is 0 Å². The molecule has 24 heavy (non-hydrogen) atoms. The minimum Gasteiger partial charge on any atom is -0.481 e. The molecule has 2 aromatic rings. The molecule has 130 valence electrons. The lowest BCUT2D eigenvalue weighted by atomic mass is 9.80. The summed E-state index contributed by atoms with van der Waals surface area (Å²) in [5.41, 5.74) is 0.728. The van der Waals surface area contributed by atoms with Gasteiger partial charge in [0.1, 0.15) is 5.82 Å². The van der Waals surface area contributed by atoms with Crippen LogP contribution in [0.3, 0.4) is 0 Å². The highest BCUT2D eigenvalue weighted by Gasteiger charge is 2.34. The molecule has 9 heteroatoms. The summed E-state index contributed by atoms with van der Waals surface area (Å²) in [6.07, 6.45) is 0.390. The molecule has 0 aromatic carbocycles. The maximum Gasteiger partial charge on any atom is 0.307 e. The van der Waals surface area contributed by atoms with Crippen LogP contribution in [0.5, 0.6) is 0 Å². The zero-order valence-corrected chi connectivity index (χ0v) is 13.7. The average molecular weight is 334 g/mol. The second-order valence-corrected chi connectivity index (χ2v) is 5.87. The first-order valence-corrected chi connectivity index (χ1v) is 7.80. The topological polar surface area (TPSA) is 137 Å². The number of H-pyrrole nitrogens is 1. The third kappa shape index (κ3) is 4.48. The number of tetrazole rings is 1. The van der Waals surface area contributed by atoms with Gasteiger partial charge in [0.2, 0.25) is 0 Å². The minimum absolute atomic E-state index is 0.00665. The van der Waals surface area contributed by atoms with E-state index >= 15 is 0 Å². The lowest BCUT2D eigenvalue weighted by molar-refractivity contribution is -0.144. The van der Waals surface area contributed by atoms with Crippen LogP contribution >= 0.6 is 0 Å². The molecule has 0 aliphatic rings. The van der Waals surface area contributed by atoms with Crippen LogP contribution in [0.1, 0.15) is 31.3 Å². The van der Waals surface area contributed by atoms with Crippen molar-refractivity contribution in [3.63, 3.8) is 0 Å². The van der Waals surface area contributed by atoms with Crippen LogP contribution in [0.25, 0.3) is 0 Å². The van der Waals surface area contributed by atoms with E-state index in [4.69, 9.17) is 5.11 Å². The zero-order valence-electron chi connectivity index (χ0n) is 13.7. The number of aliphatic hydroxyl groups excluding tert-OH is 1. The summed E-state index contributed by atoms with van der Waals surface area (Å²) in [5, 5.41) is 35.2. The molecule has 0 saturated carbocycles. The summed E-state index contributed by atoms with van der Waals surface area (Å²) >= 11 is 0. The fourth-order valence-corrected chi connectivity index (χ4v) is 2.74. The first-order valence-electron chi connectivity index (χ1n) is 7.80. The summed E-state index contributed by atoms with van der Waals surface area (Å²) < 4.78 is 0. The van der Waals surface area contributed by atoms with Gasteiger partial charge in [-0.1, -0.05) is 19.9 Å². The molecule has 9 nitrogen and oxygen atoms in total. The van der Waals surface area contributed by atoms with Crippen LogP contribution in [0.2, 0.25) is 0 Å². The highest BCUT2D eigenvalue weighted by molar-refractivity contribution is 5.71. The number of pyridine rings is 1. The number of nitrogens with one attached hydrogen (secondary N) is 2. The van der Waals surface area contributed by atoms with Crippen LogP contribution in [0.15, 0.2) is 18.2 Å². The number of aromatic amines is 1. The van der Waals surface area contributed by atoms with E-state index in [1.807, 2.05) is 26.0 Å². The third-order valence-corrected chi connectivity index (χ3v) is 3.80. The monoisotopic (exact) mass is 334 g/mol. The molecule has 2 aromatic heterocycles. The van der Waals surface area contributed by atoms with Crippen LogP contribution in [0.4, 0.5) is 5.82 Å². The van der Waals surface area contributed by atoms with E-state index in [2.05, 4.69) is 30.9 Å². The molecular weight excluding hydrogens is 312 g/mol. The van der Waals surface area contributed by atoms with Crippen molar-refractivity contribution in [3.8, 4) is 0 Å². The first kappa shape index (κ1) is 17.8. The standard InChI is InChI=1S/C15H22N6O3/c1-9(2)13(15(23)24)11(14-18-20-21-19-14)8-10-4-3-5-12(17-10)16-6-7-22/h3-5,9,11,13,22H,6-8H2,1-2H3,(H,16,17)(H,23,24)(H,18,19,20,21)/t11-,13-/m0/s1. The summed E-state index contributed by atoms with van der Waals surface area (Å²) in [4.78, 5) is 16.2. The van der Waals surface area contributed by atoms with E-state index in [9.17, 15) is 9.90 Å². The van der Waals surface area contributed by atoms with Crippen LogP contribution in [0, 0.1) is 11.8 Å². The minimum atomic E-state index is -0.888. The number of anilines is 1. The van der Waals surface area contributed by atoms with Gasteiger partial charge in [0, 0.05) is 24.6 Å². The Bertz CT molecular complexity index is 646. The number of nitrogens with zero attached hydrogens (tertiary/aromatic N) is 4. The van der Waals surface area contributed by atoms with Crippen molar-refractivity contribution in [3.05, 3.63) is 29.7 Å². The smallest absolute Gasteiger partial charge is 0.307 e. The van der Waals surface area contributed by atoms with Gasteiger partial charge in [-0.05, 0) is 28.5 Å². The van der Waals surface area contributed by atoms with E-state index in [0.29, 0.717) is 24.6 Å². The summed E-state index contributed by atoms with van der Waals surface area (Å²) in [7, 11) is 0. The quantitative estimate of drug-likeness (QED) is 0.525. The number of carboxylic acids is 1. The maximum atomic E-state index is 11.7. The van der Waals surface area contributed by atoms with E-state index < -0.39 is 17.8 Å². The van der Waals surface area contributed by atoms with Gasteiger partial charge in [0.05, 0.1) is 12.5 Å². The molecule has 2 heterocycles. The van der Waals surface area contributed by atoms with Crippen molar-refractivity contribution in [1.29, 1.82) is 0 Å². The number of hydrogen-bond donors (Lipinski definition) is 4. The van der Waals surface area contributed by atoms with Crippen molar-refractivity contribution in [2.75, 3.05) is 18.5 Å². The highest BCUT2D eigenvalue weighted by atomic mass is 16.4. The van der Waals surface area contributed by atoms with Crippen LogP contribution < -0.4 is 5.32 Å². The Kier molecular flexibility index (Phi) is 6.19. The fourth-order valence-electron chi connectivity index (χ4n) is 2.74. The Morgan fingerprint density at radius 1 is 1.38 bits per heavy atom. The Labute approximate surface area is 139 Å². The van der Waals surface area contributed by atoms with Gasteiger partial charge >= 0.3 is 5.97 Å². The fraction of sp³-hybridized carbons (Fsp3) is 0.533. The van der Waals surface area contributed by atoms with Gasteiger partial charge in [0.15, 0.2) is 5.82 Å². The lowest BCUT2D eigenvalue weighted by Crippen LogP contribution is -2.29. The molecule has 2 rings (SSSR count).